The highest BCUT2D eigenvalue weighted by Crippen LogP contribution is 2.19. The van der Waals surface area contributed by atoms with Crippen molar-refractivity contribution in [2.75, 3.05) is 11.9 Å². The Morgan fingerprint density at radius 2 is 1.88 bits per heavy atom. The van der Waals surface area contributed by atoms with Crippen LogP contribution in [0.4, 0.5) is 10.5 Å². The number of benzene rings is 1. The molecule has 0 spiro atoms. The van der Waals surface area contributed by atoms with Gasteiger partial charge in [-0.2, -0.15) is 0 Å². The number of aryl methyl sites for hydroxylation is 1. The summed E-state index contributed by atoms with van der Waals surface area (Å²) in [7, 11) is 0. The van der Waals surface area contributed by atoms with Crippen molar-refractivity contribution in [2.24, 2.45) is 0 Å². The second kappa shape index (κ2) is 7.88. The van der Waals surface area contributed by atoms with E-state index >= 15 is 0 Å². The quantitative estimate of drug-likeness (QED) is 0.724. The predicted molar refractivity (Wildman–Crippen MR) is 95.5 cm³/mol. The van der Waals surface area contributed by atoms with Gasteiger partial charge in [0.15, 0.2) is 0 Å². The van der Waals surface area contributed by atoms with Gasteiger partial charge in [0, 0.05) is 24.7 Å². The number of hydrogen-bond acceptors (Lipinski definition) is 3. The second-order valence-electron chi connectivity index (χ2n) is 6.36. The number of furan rings is 1. The van der Waals surface area contributed by atoms with Crippen molar-refractivity contribution in [1.82, 2.24) is 10.6 Å². The van der Waals surface area contributed by atoms with Crippen molar-refractivity contribution in [1.29, 1.82) is 0 Å². The van der Waals surface area contributed by atoms with Gasteiger partial charge in [-0.05, 0) is 49.6 Å². The molecule has 0 saturated heterocycles. The number of carbonyl (C=O) groups excluding carboxylic acids is 2. The molecular formula is C19H23N3O3. The van der Waals surface area contributed by atoms with Crippen LogP contribution in [0.1, 0.15) is 29.9 Å². The lowest BCUT2D eigenvalue weighted by Gasteiger charge is -2.08. The topological polar surface area (TPSA) is 83.4 Å². The van der Waals surface area contributed by atoms with Gasteiger partial charge in [-0.3, -0.25) is 4.79 Å². The van der Waals surface area contributed by atoms with E-state index in [-0.39, 0.29) is 11.9 Å². The third-order valence-electron chi connectivity index (χ3n) is 3.97. The maximum Gasteiger partial charge on any atom is 0.319 e. The molecule has 1 saturated carbocycles. The standard InChI is InChI=1S/C19H23N3O3/c1-13-2-9-17(25-13)10-11-20-19(24)22-16-5-3-14(4-6-16)12-18(23)21-15-7-8-15/h2-6,9,15H,7-8,10-12H2,1H3,(H,21,23)(H2,20,22,24). The summed E-state index contributed by atoms with van der Waals surface area (Å²) in [5, 5.41) is 8.53. The molecule has 0 aliphatic heterocycles. The third kappa shape index (κ3) is 5.67. The van der Waals surface area contributed by atoms with Crippen molar-refractivity contribution >= 4 is 17.6 Å². The summed E-state index contributed by atoms with van der Waals surface area (Å²) in [6.07, 6.45) is 3.19. The van der Waals surface area contributed by atoms with E-state index in [1.807, 2.05) is 31.2 Å². The van der Waals surface area contributed by atoms with E-state index in [1.54, 1.807) is 12.1 Å². The summed E-state index contributed by atoms with van der Waals surface area (Å²) >= 11 is 0. The Morgan fingerprint density at radius 1 is 1.12 bits per heavy atom. The molecule has 1 fully saturated rings. The number of anilines is 1. The monoisotopic (exact) mass is 341 g/mol. The average molecular weight is 341 g/mol. The largest absolute Gasteiger partial charge is 0.466 e. The molecule has 1 heterocycles. The molecule has 1 aliphatic rings. The molecule has 2 aromatic rings. The number of urea groups is 1. The lowest BCUT2D eigenvalue weighted by Crippen LogP contribution is -2.30. The van der Waals surface area contributed by atoms with E-state index in [4.69, 9.17) is 4.42 Å². The summed E-state index contributed by atoms with van der Waals surface area (Å²) in [6.45, 7) is 2.39. The second-order valence-corrected chi connectivity index (χ2v) is 6.36. The zero-order chi connectivity index (χ0) is 17.6. The predicted octanol–water partition coefficient (Wildman–Crippen LogP) is 2.77. The van der Waals surface area contributed by atoms with Crippen LogP contribution in [-0.4, -0.2) is 24.5 Å². The summed E-state index contributed by atoms with van der Waals surface area (Å²) in [5.74, 6) is 1.77. The maximum atomic E-state index is 11.9. The average Bonchev–Trinajstić information content (AvgIpc) is 3.29. The van der Waals surface area contributed by atoms with Gasteiger partial charge in [0.25, 0.3) is 0 Å². The van der Waals surface area contributed by atoms with Crippen LogP contribution in [0, 0.1) is 6.92 Å². The fourth-order valence-corrected chi connectivity index (χ4v) is 2.49. The lowest BCUT2D eigenvalue weighted by atomic mass is 10.1. The van der Waals surface area contributed by atoms with Crippen LogP contribution in [0.15, 0.2) is 40.8 Å². The highest BCUT2D eigenvalue weighted by atomic mass is 16.3. The van der Waals surface area contributed by atoms with Crippen molar-refractivity contribution in [2.45, 2.75) is 38.6 Å². The Hall–Kier alpha value is -2.76. The third-order valence-corrected chi connectivity index (χ3v) is 3.97. The first-order valence-electron chi connectivity index (χ1n) is 8.57. The van der Waals surface area contributed by atoms with Crippen LogP contribution in [0.25, 0.3) is 0 Å². The minimum absolute atomic E-state index is 0.0501. The molecule has 0 atom stereocenters. The number of nitrogens with one attached hydrogen (secondary N) is 3. The minimum Gasteiger partial charge on any atom is -0.466 e. The van der Waals surface area contributed by atoms with Crippen molar-refractivity contribution in [3.8, 4) is 0 Å². The SMILES string of the molecule is Cc1ccc(CCNC(=O)Nc2ccc(CC(=O)NC3CC3)cc2)o1. The highest BCUT2D eigenvalue weighted by Gasteiger charge is 2.22. The number of rotatable bonds is 7. The smallest absolute Gasteiger partial charge is 0.319 e. The minimum atomic E-state index is -0.262. The Morgan fingerprint density at radius 3 is 2.52 bits per heavy atom. The Labute approximate surface area is 147 Å². The Bertz CT molecular complexity index is 733. The molecule has 1 aliphatic carbocycles. The molecule has 6 nitrogen and oxygen atoms in total. The molecule has 0 bridgehead atoms. The highest BCUT2D eigenvalue weighted by molar-refractivity contribution is 5.89. The molecule has 6 heteroatoms. The summed E-state index contributed by atoms with van der Waals surface area (Å²) in [6, 6.07) is 11.2. The van der Waals surface area contributed by atoms with Crippen LogP contribution in [0.3, 0.4) is 0 Å². The first-order valence-corrected chi connectivity index (χ1v) is 8.57. The van der Waals surface area contributed by atoms with Gasteiger partial charge >= 0.3 is 6.03 Å². The molecule has 3 N–H and O–H groups in total. The Balaban J connectivity index is 1.39. The van der Waals surface area contributed by atoms with Gasteiger partial charge in [-0.1, -0.05) is 12.1 Å². The molecular weight excluding hydrogens is 318 g/mol. The van der Waals surface area contributed by atoms with Gasteiger partial charge in [0.1, 0.15) is 11.5 Å². The number of carbonyl (C=O) groups is 2. The van der Waals surface area contributed by atoms with Crippen LogP contribution in [0.2, 0.25) is 0 Å². The van der Waals surface area contributed by atoms with E-state index in [0.29, 0.717) is 31.1 Å². The summed E-state index contributed by atoms with van der Waals surface area (Å²) in [4.78, 5) is 23.6. The number of amides is 3. The van der Waals surface area contributed by atoms with E-state index in [1.165, 1.54) is 0 Å². The van der Waals surface area contributed by atoms with Crippen LogP contribution >= 0.6 is 0 Å². The molecule has 1 aromatic carbocycles. The van der Waals surface area contributed by atoms with Gasteiger partial charge in [0.2, 0.25) is 5.91 Å². The first-order chi connectivity index (χ1) is 12.1. The van der Waals surface area contributed by atoms with Crippen molar-refractivity contribution in [3.63, 3.8) is 0 Å². The van der Waals surface area contributed by atoms with Gasteiger partial charge < -0.3 is 20.4 Å². The molecule has 0 radical (unpaired) electrons. The lowest BCUT2D eigenvalue weighted by molar-refractivity contribution is -0.120. The Kier molecular flexibility index (Phi) is 5.38. The molecule has 3 rings (SSSR count). The summed E-state index contributed by atoms with van der Waals surface area (Å²) in [5.41, 5.74) is 1.62. The molecule has 25 heavy (non-hydrogen) atoms. The summed E-state index contributed by atoms with van der Waals surface area (Å²) < 4.78 is 5.45. The van der Waals surface area contributed by atoms with Gasteiger partial charge in [-0.25, -0.2) is 4.79 Å². The fraction of sp³-hybridized carbons (Fsp3) is 0.368. The van der Waals surface area contributed by atoms with Gasteiger partial charge in [0.05, 0.1) is 6.42 Å². The molecule has 132 valence electrons. The molecule has 3 amide bonds. The molecule has 0 unspecified atom stereocenters. The van der Waals surface area contributed by atoms with Crippen LogP contribution < -0.4 is 16.0 Å². The molecule has 1 aromatic heterocycles. The van der Waals surface area contributed by atoms with Crippen LogP contribution in [0.5, 0.6) is 0 Å². The van der Waals surface area contributed by atoms with Crippen molar-refractivity contribution < 1.29 is 14.0 Å². The van der Waals surface area contributed by atoms with Gasteiger partial charge in [-0.15, -0.1) is 0 Å². The van der Waals surface area contributed by atoms with Crippen molar-refractivity contribution in [3.05, 3.63) is 53.5 Å². The zero-order valence-corrected chi connectivity index (χ0v) is 14.3. The zero-order valence-electron chi connectivity index (χ0n) is 14.3. The first kappa shape index (κ1) is 17.1. The van der Waals surface area contributed by atoms with E-state index < -0.39 is 0 Å². The fourth-order valence-electron chi connectivity index (χ4n) is 2.49. The van der Waals surface area contributed by atoms with E-state index in [0.717, 1.165) is 29.9 Å². The maximum absolute atomic E-state index is 11.9. The van der Waals surface area contributed by atoms with Crippen LogP contribution in [-0.2, 0) is 17.6 Å². The number of hydrogen-bond donors (Lipinski definition) is 3. The van der Waals surface area contributed by atoms with E-state index in [2.05, 4.69) is 16.0 Å². The van der Waals surface area contributed by atoms with E-state index in [9.17, 15) is 9.59 Å². The normalized spacial score (nSPS) is 13.3.